The molecule has 4 rings (SSSR count). The van der Waals surface area contributed by atoms with Gasteiger partial charge in [-0.3, -0.25) is 4.90 Å². The molecule has 0 radical (unpaired) electrons. The van der Waals surface area contributed by atoms with E-state index in [1.165, 1.54) is 40.6 Å². The van der Waals surface area contributed by atoms with Crippen molar-refractivity contribution in [2.24, 2.45) is 0 Å². The lowest BCUT2D eigenvalue weighted by Crippen LogP contribution is -2.30. The van der Waals surface area contributed by atoms with Gasteiger partial charge in [0.25, 0.3) is 0 Å². The number of fused-ring (bicyclic) bond motifs is 3. The zero-order valence-corrected chi connectivity index (χ0v) is 15.7. The zero-order chi connectivity index (χ0) is 17.4. The second-order valence-corrected chi connectivity index (χ2v) is 7.45. The molecule has 25 heavy (non-hydrogen) atoms. The Morgan fingerprint density at radius 2 is 1.72 bits per heavy atom. The molecular weight excluding hydrogens is 304 g/mol. The maximum atomic E-state index is 2.59. The number of aromatic nitrogens is 1. The average molecular weight is 332 g/mol. The Hall–Kier alpha value is -2.06. The van der Waals surface area contributed by atoms with Gasteiger partial charge >= 0.3 is 0 Å². The molecule has 0 saturated heterocycles. The molecule has 0 spiro atoms. The number of likely N-dealkylation sites (N-methyl/N-ethyl adjacent to an activating group) is 1. The molecule has 0 aliphatic carbocycles. The third kappa shape index (κ3) is 3.11. The van der Waals surface area contributed by atoms with Gasteiger partial charge in [0, 0.05) is 42.7 Å². The molecule has 0 fully saturated rings. The van der Waals surface area contributed by atoms with E-state index in [0.29, 0.717) is 0 Å². The van der Waals surface area contributed by atoms with E-state index in [2.05, 4.69) is 72.7 Å². The van der Waals surface area contributed by atoms with Crippen LogP contribution in [0.1, 0.15) is 34.9 Å². The third-order valence-corrected chi connectivity index (χ3v) is 5.68. The second-order valence-electron chi connectivity index (χ2n) is 7.45. The molecule has 1 aromatic heterocycles. The van der Waals surface area contributed by atoms with Crippen LogP contribution in [-0.2, 0) is 25.9 Å². The van der Waals surface area contributed by atoms with Gasteiger partial charge in [-0.1, -0.05) is 48.4 Å². The van der Waals surface area contributed by atoms with Crippen molar-refractivity contribution in [3.63, 3.8) is 0 Å². The predicted molar refractivity (Wildman–Crippen MR) is 106 cm³/mol. The predicted octanol–water partition coefficient (Wildman–Crippen LogP) is 4.88. The molecule has 1 aliphatic rings. The van der Waals surface area contributed by atoms with E-state index in [1.807, 2.05) is 0 Å². The van der Waals surface area contributed by atoms with Crippen LogP contribution in [0.3, 0.4) is 0 Å². The highest BCUT2D eigenvalue weighted by Gasteiger charge is 2.23. The smallest absolute Gasteiger partial charge is 0.0486 e. The molecule has 0 saturated carbocycles. The number of hydrogen-bond donors (Lipinski definition) is 0. The monoisotopic (exact) mass is 332 g/mol. The molecule has 0 atom stereocenters. The molecule has 3 aromatic rings. The first kappa shape index (κ1) is 16.4. The summed E-state index contributed by atoms with van der Waals surface area (Å²) < 4.78 is 2.59. The lowest BCUT2D eigenvalue weighted by Gasteiger charge is -2.27. The molecule has 0 amide bonds. The Bertz CT molecular complexity index is 887. The van der Waals surface area contributed by atoms with Crippen molar-refractivity contribution < 1.29 is 0 Å². The van der Waals surface area contributed by atoms with Gasteiger partial charge in [0.2, 0.25) is 0 Å². The fourth-order valence-corrected chi connectivity index (χ4v) is 4.14. The lowest BCUT2D eigenvalue weighted by atomic mass is 10.0. The van der Waals surface area contributed by atoms with Crippen LogP contribution in [0, 0.1) is 13.8 Å². The summed E-state index contributed by atoms with van der Waals surface area (Å²) in [5.41, 5.74) is 8.68. The zero-order valence-electron chi connectivity index (χ0n) is 15.7. The first-order valence-electron chi connectivity index (χ1n) is 9.54. The largest absolute Gasteiger partial charge is 0.344 e. The van der Waals surface area contributed by atoms with Gasteiger partial charge in [0.05, 0.1) is 0 Å². The number of benzene rings is 2. The Morgan fingerprint density at radius 1 is 0.960 bits per heavy atom. The Labute approximate surface area is 151 Å². The second kappa shape index (κ2) is 6.68. The van der Waals surface area contributed by atoms with E-state index in [1.54, 1.807) is 11.3 Å². The molecule has 0 N–H and O–H groups in total. The third-order valence-electron chi connectivity index (χ3n) is 5.68. The van der Waals surface area contributed by atoms with Crippen molar-refractivity contribution in [3.05, 3.63) is 70.4 Å². The number of rotatable bonds is 4. The van der Waals surface area contributed by atoms with E-state index >= 15 is 0 Å². The molecule has 2 aromatic carbocycles. The van der Waals surface area contributed by atoms with Crippen LogP contribution in [0.25, 0.3) is 10.9 Å². The summed E-state index contributed by atoms with van der Waals surface area (Å²) in [6.07, 6.45) is 2.27. The van der Waals surface area contributed by atoms with Crippen LogP contribution < -0.4 is 0 Å². The van der Waals surface area contributed by atoms with Crippen LogP contribution in [0.4, 0.5) is 0 Å². The highest BCUT2D eigenvalue weighted by molar-refractivity contribution is 5.86. The molecular formula is C23H28N2. The minimum atomic E-state index is 1.07. The van der Waals surface area contributed by atoms with Gasteiger partial charge in [0.15, 0.2) is 0 Å². The Balaban J connectivity index is 1.71. The van der Waals surface area contributed by atoms with Crippen LogP contribution in [0.5, 0.6) is 0 Å². The average Bonchev–Trinajstić information content (AvgIpc) is 2.93. The summed E-state index contributed by atoms with van der Waals surface area (Å²) in [7, 11) is 0. The van der Waals surface area contributed by atoms with Gasteiger partial charge < -0.3 is 4.57 Å². The maximum Gasteiger partial charge on any atom is 0.0486 e. The minimum Gasteiger partial charge on any atom is -0.344 e. The summed E-state index contributed by atoms with van der Waals surface area (Å²) >= 11 is 0. The van der Waals surface area contributed by atoms with Gasteiger partial charge in [-0.2, -0.15) is 0 Å². The summed E-state index contributed by atoms with van der Waals surface area (Å²) in [5.74, 6) is 0. The highest BCUT2D eigenvalue weighted by Crippen LogP contribution is 2.32. The van der Waals surface area contributed by atoms with Crippen LogP contribution in [0.2, 0.25) is 0 Å². The van der Waals surface area contributed by atoms with Crippen molar-refractivity contribution in [1.29, 1.82) is 0 Å². The van der Waals surface area contributed by atoms with E-state index in [-0.39, 0.29) is 0 Å². The molecule has 2 heterocycles. The fourth-order valence-electron chi connectivity index (χ4n) is 4.14. The van der Waals surface area contributed by atoms with Crippen molar-refractivity contribution >= 4 is 10.9 Å². The summed E-state index contributed by atoms with van der Waals surface area (Å²) in [5, 5.41) is 1.47. The first-order chi connectivity index (χ1) is 12.2. The van der Waals surface area contributed by atoms with Gasteiger partial charge in [-0.05, 0) is 50.1 Å². The highest BCUT2D eigenvalue weighted by atomic mass is 15.1. The number of aryl methyl sites for hydroxylation is 4. The maximum absolute atomic E-state index is 2.59. The summed E-state index contributed by atoms with van der Waals surface area (Å²) in [6.45, 7) is 11.1. The van der Waals surface area contributed by atoms with E-state index in [4.69, 9.17) is 0 Å². The molecule has 0 unspecified atom stereocenters. The first-order valence-corrected chi connectivity index (χ1v) is 9.54. The van der Waals surface area contributed by atoms with Gasteiger partial charge in [0.1, 0.15) is 0 Å². The Morgan fingerprint density at radius 3 is 2.48 bits per heavy atom. The van der Waals surface area contributed by atoms with E-state index in [9.17, 15) is 0 Å². The molecule has 0 bridgehead atoms. The SMILES string of the molecule is CCN1CCc2c(c3cc(C)ccc3n2CCc2ccc(C)cc2)C1. The molecule has 2 nitrogen and oxygen atoms in total. The Kier molecular flexibility index (Phi) is 4.39. The van der Waals surface area contributed by atoms with Gasteiger partial charge in [-0.25, -0.2) is 0 Å². The molecule has 130 valence electrons. The van der Waals surface area contributed by atoms with Crippen molar-refractivity contribution in [3.8, 4) is 0 Å². The number of nitrogens with zero attached hydrogens (tertiary/aromatic N) is 2. The minimum absolute atomic E-state index is 1.07. The number of hydrogen-bond acceptors (Lipinski definition) is 1. The van der Waals surface area contributed by atoms with E-state index in [0.717, 1.165) is 26.1 Å². The van der Waals surface area contributed by atoms with Crippen molar-refractivity contribution in [1.82, 2.24) is 9.47 Å². The van der Waals surface area contributed by atoms with Crippen molar-refractivity contribution in [2.45, 2.75) is 46.7 Å². The van der Waals surface area contributed by atoms with Crippen LogP contribution in [0.15, 0.2) is 42.5 Å². The summed E-state index contributed by atoms with van der Waals surface area (Å²) in [6, 6.07) is 16.0. The standard InChI is InChI=1S/C23H28N2/c1-4-24-13-12-23-21(16-24)20-15-18(3)7-10-22(20)25(23)14-11-19-8-5-17(2)6-9-19/h5-10,15H,4,11-14,16H2,1-3H3. The molecule has 1 aliphatic heterocycles. The van der Waals surface area contributed by atoms with E-state index < -0.39 is 0 Å². The normalized spacial score (nSPS) is 14.8. The van der Waals surface area contributed by atoms with Crippen LogP contribution in [-0.4, -0.2) is 22.6 Å². The fraction of sp³-hybridized carbons (Fsp3) is 0.391. The lowest BCUT2D eigenvalue weighted by molar-refractivity contribution is 0.265. The van der Waals surface area contributed by atoms with Crippen LogP contribution >= 0.6 is 0 Å². The quantitative estimate of drug-likeness (QED) is 0.661. The molecule has 2 heteroatoms. The van der Waals surface area contributed by atoms with Crippen molar-refractivity contribution in [2.75, 3.05) is 13.1 Å². The topological polar surface area (TPSA) is 8.17 Å². The summed E-state index contributed by atoms with van der Waals surface area (Å²) in [4.78, 5) is 2.56. The van der Waals surface area contributed by atoms with Gasteiger partial charge in [-0.15, -0.1) is 0 Å².